The van der Waals surface area contributed by atoms with Gasteiger partial charge >= 0.3 is 0 Å². The summed E-state index contributed by atoms with van der Waals surface area (Å²) in [5.74, 6) is -1.31. The van der Waals surface area contributed by atoms with E-state index in [1.165, 1.54) is 36.5 Å². The van der Waals surface area contributed by atoms with Gasteiger partial charge in [-0.05, 0) is 60.5 Å². The Morgan fingerprint density at radius 3 is 2.47 bits per heavy atom. The van der Waals surface area contributed by atoms with E-state index in [9.17, 15) is 17.2 Å². The average Bonchev–Trinajstić information content (AvgIpc) is 2.76. The van der Waals surface area contributed by atoms with Gasteiger partial charge in [0.05, 0.1) is 9.92 Å². The number of benzene rings is 2. The zero-order valence-electron chi connectivity index (χ0n) is 17.0. The molecule has 0 radical (unpaired) electrons. The maximum atomic E-state index is 14.8. The molecule has 0 bridgehead atoms. The average molecular weight is 501 g/mol. The Bertz CT molecular complexity index is 1190. The molecular weight excluding hydrogens is 481 g/mol. The Hall–Kier alpha value is -2.26. The number of hydrogen-bond donors (Lipinski definition) is 1. The molecule has 5 nitrogen and oxygen atoms in total. The summed E-state index contributed by atoms with van der Waals surface area (Å²) in [5, 5.41) is 1.77. The maximum Gasteiger partial charge on any atom is 0.189 e. The second kappa shape index (κ2) is 10.6. The SMILES string of the molecule is COCCCNc1cc(C(c2cc(F)ccc2F)S(=O)(=O)c2ccc(Cl)cc2)c(Cl)cn1. The van der Waals surface area contributed by atoms with Crippen LogP contribution >= 0.6 is 23.2 Å². The van der Waals surface area contributed by atoms with E-state index in [0.717, 1.165) is 18.2 Å². The molecule has 1 unspecified atom stereocenters. The zero-order chi connectivity index (χ0) is 23.3. The third-order valence-corrected chi connectivity index (χ3v) is 7.32. The summed E-state index contributed by atoms with van der Waals surface area (Å²) >= 11 is 12.2. The molecule has 1 atom stereocenters. The van der Waals surface area contributed by atoms with E-state index in [1.807, 2.05) is 0 Å². The molecule has 32 heavy (non-hydrogen) atoms. The van der Waals surface area contributed by atoms with E-state index in [1.54, 1.807) is 7.11 Å². The zero-order valence-corrected chi connectivity index (χ0v) is 19.3. The van der Waals surface area contributed by atoms with Crippen LogP contribution in [-0.2, 0) is 14.6 Å². The highest BCUT2D eigenvalue weighted by molar-refractivity contribution is 7.92. The predicted octanol–water partition coefficient (Wildman–Crippen LogP) is 5.68. The van der Waals surface area contributed by atoms with Gasteiger partial charge in [0, 0.05) is 37.0 Å². The van der Waals surface area contributed by atoms with E-state index in [2.05, 4.69) is 10.3 Å². The van der Waals surface area contributed by atoms with E-state index < -0.39 is 26.7 Å². The molecule has 10 heteroatoms. The molecule has 0 saturated heterocycles. The number of methoxy groups -OCH3 is 1. The van der Waals surface area contributed by atoms with E-state index >= 15 is 0 Å². The quantitative estimate of drug-likeness (QED) is 0.383. The fourth-order valence-electron chi connectivity index (χ4n) is 3.16. The van der Waals surface area contributed by atoms with Gasteiger partial charge in [-0.25, -0.2) is 22.2 Å². The normalized spacial score (nSPS) is 12.5. The number of ether oxygens (including phenoxy) is 1. The summed E-state index contributed by atoms with van der Waals surface area (Å²) in [4.78, 5) is 4.04. The minimum Gasteiger partial charge on any atom is -0.385 e. The third kappa shape index (κ3) is 5.56. The number of halogens is 4. The first-order chi connectivity index (χ1) is 15.2. The van der Waals surface area contributed by atoms with Gasteiger partial charge in [-0.3, -0.25) is 0 Å². The highest BCUT2D eigenvalue weighted by atomic mass is 35.5. The van der Waals surface area contributed by atoms with Crippen molar-refractivity contribution in [3.63, 3.8) is 0 Å². The van der Waals surface area contributed by atoms with Crippen molar-refractivity contribution < 1.29 is 21.9 Å². The molecule has 0 aliphatic heterocycles. The number of anilines is 1. The Balaban J connectivity index is 2.15. The van der Waals surface area contributed by atoms with Crippen LogP contribution < -0.4 is 5.32 Å². The minimum atomic E-state index is -4.26. The molecule has 1 N–H and O–H groups in total. The molecular formula is C22H20Cl2F2N2O3S. The Morgan fingerprint density at radius 1 is 1.06 bits per heavy atom. The van der Waals surface area contributed by atoms with Crippen molar-refractivity contribution >= 4 is 38.9 Å². The van der Waals surface area contributed by atoms with Crippen molar-refractivity contribution in [1.82, 2.24) is 4.98 Å². The summed E-state index contributed by atoms with van der Waals surface area (Å²) in [6, 6.07) is 9.51. The third-order valence-electron chi connectivity index (χ3n) is 4.69. The first kappa shape index (κ1) is 24.4. The summed E-state index contributed by atoms with van der Waals surface area (Å²) in [5.41, 5.74) is -0.297. The number of pyridine rings is 1. The molecule has 3 rings (SSSR count). The predicted molar refractivity (Wildman–Crippen MR) is 121 cm³/mol. The fraction of sp³-hybridized carbons (Fsp3) is 0.227. The molecule has 1 aromatic heterocycles. The highest BCUT2D eigenvalue weighted by Gasteiger charge is 2.35. The number of sulfone groups is 1. The molecule has 0 fully saturated rings. The molecule has 0 amide bonds. The summed E-state index contributed by atoms with van der Waals surface area (Å²) in [6.07, 6.45) is 1.96. The molecule has 170 valence electrons. The van der Waals surface area contributed by atoms with Crippen LogP contribution in [0.4, 0.5) is 14.6 Å². The van der Waals surface area contributed by atoms with Gasteiger partial charge in [0.2, 0.25) is 0 Å². The first-order valence-electron chi connectivity index (χ1n) is 9.56. The Morgan fingerprint density at radius 2 is 1.78 bits per heavy atom. The molecule has 0 aliphatic carbocycles. The molecule has 2 aromatic carbocycles. The van der Waals surface area contributed by atoms with Crippen LogP contribution in [0, 0.1) is 11.6 Å². The van der Waals surface area contributed by atoms with Gasteiger partial charge < -0.3 is 10.1 Å². The lowest BCUT2D eigenvalue weighted by Gasteiger charge is -2.21. The number of nitrogens with one attached hydrogen (secondary N) is 1. The Labute approximate surface area is 195 Å². The van der Waals surface area contributed by atoms with Gasteiger partial charge in [0.25, 0.3) is 0 Å². The lowest BCUT2D eigenvalue weighted by Crippen LogP contribution is -2.18. The van der Waals surface area contributed by atoms with Crippen LogP contribution in [0.2, 0.25) is 10.0 Å². The number of aromatic nitrogens is 1. The van der Waals surface area contributed by atoms with Crippen LogP contribution in [0.15, 0.2) is 59.6 Å². The van der Waals surface area contributed by atoms with Crippen molar-refractivity contribution in [2.75, 3.05) is 25.6 Å². The van der Waals surface area contributed by atoms with Crippen LogP contribution in [-0.4, -0.2) is 33.7 Å². The van der Waals surface area contributed by atoms with Crippen LogP contribution in [0.5, 0.6) is 0 Å². The molecule has 0 aliphatic rings. The molecule has 3 aromatic rings. The minimum absolute atomic E-state index is 0.00126. The van der Waals surface area contributed by atoms with Crippen molar-refractivity contribution in [3.05, 3.63) is 87.5 Å². The van der Waals surface area contributed by atoms with Crippen LogP contribution in [0.25, 0.3) is 0 Å². The highest BCUT2D eigenvalue weighted by Crippen LogP contribution is 2.40. The van der Waals surface area contributed by atoms with Crippen LogP contribution in [0.3, 0.4) is 0 Å². The Kier molecular flexibility index (Phi) is 8.05. The van der Waals surface area contributed by atoms with Crippen LogP contribution in [0.1, 0.15) is 22.8 Å². The molecule has 1 heterocycles. The number of nitrogens with zero attached hydrogens (tertiary/aromatic N) is 1. The van der Waals surface area contributed by atoms with Gasteiger partial charge in [0.1, 0.15) is 22.7 Å². The van der Waals surface area contributed by atoms with E-state index in [-0.39, 0.29) is 21.0 Å². The number of rotatable bonds is 9. The second-order valence-electron chi connectivity index (χ2n) is 6.91. The number of hydrogen-bond acceptors (Lipinski definition) is 5. The van der Waals surface area contributed by atoms with Crippen molar-refractivity contribution in [2.24, 2.45) is 0 Å². The summed E-state index contributed by atoms with van der Waals surface area (Å²) < 4.78 is 61.1. The largest absolute Gasteiger partial charge is 0.385 e. The van der Waals surface area contributed by atoms with Gasteiger partial charge in [-0.1, -0.05) is 23.2 Å². The molecule has 0 saturated carbocycles. The summed E-state index contributed by atoms with van der Waals surface area (Å²) in [6.45, 7) is 1.03. The molecule has 0 spiro atoms. The lowest BCUT2D eigenvalue weighted by molar-refractivity contribution is 0.198. The fourth-order valence-corrected chi connectivity index (χ4v) is 5.40. The first-order valence-corrected chi connectivity index (χ1v) is 11.9. The summed E-state index contributed by atoms with van der Waals surface area (Å²) in [7, 11) is -2.68. The van der Waals surface area contributed by atoms with E-state index in [0.29, 0.717) is 30.4 Å². The van der Waals surface area contributed by atoms with Gasteiger partial charge in [0.15, 0.2) is 9.84 Å². The van der Waals surface area contributed by atoms with Crippen molar-refractivity contribution in [3.8, 4) is 0 Å². The smallest absolute Gasteiger partial charge is 0.189 e. The van der Waals surface area contributed by atoms with Crippen molar-refractivity contribution in [1.29, 1.82) is 0 Å². The van der Waals surface area contributed by atoms with Gasteiger partial charge in [-0.15, -0.1) is 0 Å². The lowest BCUT2D eigenvalue weighted by atomic mass is 10.0. The van der Waals surface area contributed by atoms with E-state index in [4.69, 9.17) is 27.9 Å². The van der Waals surface area contributed by atoms with Crippen molar-refractivity contribution in [2.45, 2.75) is 16.6 Å². The van der Waals surface area contributed by atoms with Gasteiger partial charge in [-0.2, -0.15) is 0 Å². The second-order valence-corrected chi connectivity index (χ2v) is 9.79. The monoisotopic (exact) mass is 500 g/mol. The standard InChI is InChI=1S/C22H20Cl2F2N2O3S/c1-31-10-2-9-27-21-12-17(19(24)13-28-21)22(18-11-15(25)5-8-20(18)26)32(29,30)16-6-3-14(23)4-7-16/h3-8,11-13,22H,2,9-10H2,1H3,(H,27,28). The maximum absolute atomic E-state index is 14.8. The topological polar surface area (TPSA) is 68.3 Å².